The van der Waals surface area contributed by atoms with Crippen LogP contribution in [-0.4, -0.2) is 42.4 Å². The molecule has 2 aromatic heterocycles. The molecule has 2 aromatic carbocycles. The van der Waals surface area contributed by atoms with Gasteiger partial charge in [-0.2, -0.15) is 0 Å². The summed E-state index contributed by atoms with van der Waals surface area (Å²) in [6, 6.07) is 13.0. The summed E-state index contributed by atoms with van der Waals surface area (Å²) in [4.78, 5) is 31.9. The lowest BCUT2D eigenvalue weighted by Crippen LogP contribution is -2.23. The largest absolute Gasteiger partial charge is 0.493 e. The van der Waals surface area contributed by atoms with Crippen LogP contribution in [0.2, 0.25) is 0 Å². The average molecular weight is 509 g/mol. The molecule has 0 aliphatic rings. The van der Waals surface area contributed by atoms with E-state index in [4.69, 9.17) is 19.2 Å². The van der Waals surface area contributed by atoms with Gasteiger partial charge in [-0.05, 0) is 17.7 Å². The van der Waals surface area contributed by atoms with Crippen molar-refractivity contribution in [2.75, 3.05) is 27.1 Å². The third kappa shape index (κ3) is 4.82. The number of Topliss-reactive ketones (excluding diaryl/α,β-unsaturated/α-hetero) is 1. The molecule has 0 amide bonds. The summed E-state index contributed by atoms with van der Waals surface area (Å²) in [5.74, 6) is 1.12. The summed E-state index contributed by atoms with van der Waals surface area (Å²) < 4.78 is 17.6. The van der Waals surface area contributed by atoms with Crippen LogP contribution in [0.15, 0.2) is 70.5 Å². The molecule has 0 unspecified atom stereocenters. The van der Waals surface area contributed by atoms with Gasteiger partial charge in [0.15, 0.2) is 22.4 Å². The lowest BCUT2D eigenvalue weighted by atomic mass is 10.1. The van der Waals surface area contributed by atoms with Crippen LogP contribution in [0.25, 0.3) is 21.3 Å². The summed E-state index contributed by atoms with van der Waals surface area (Å²) in [5.41, 5.74) is 2.07. The number of methoxy groups -OCH3 is 3. The predicted octanol–water partition coefficient (Wildman–Crippen LogP) is 5.31. The first-order valence-electron chi connectivity index (χ1n) is 10.7. The van der Waals surface area contributed by atoms with Crippen molar-refractivity contribution in [3.05, 3.63) is 76.4 Å². The Kier molecular flexibility index (Phi) is 7.57. The third-order valence-corrected chi connectivity index (χ3v) is 7.22. The number of ether oxygens (including phenoxy) is 3. The van der Waals surface area contributed by atoms with Crippen LogP contribution in [-0.2, 0) is 6.54 Å². The number of aromatic nitrogens is 2. The van der Waals surface area contributed by atoms with Crippen molar-refractivity contribution in [3.8, 4) is 28.4 Å². The molecule has 180 valence electrons. The number of carbonyl (C=O) groups is 1. The number of allylic oxidation sites excluding steroid dienone is 1. The molecule has 0 fully saturated rings. The molecule has 2 heterocycles. The summed E-state index contributed by atoms with van der Waals surface area (Å²) in [6.45, 7) is 4.07. The highest BCUT2D eigenvalue weighted by molar-refractivity contribution is 7.99. The number of hydrogen-bond acceptors (Lipinski definition) is 8. The molecule has 0 saturated carbocycles. The summed E-state index contributed by atoms with van der Waals surface area (Å²) in [6.07, 6.45) is 1.65. The van der Waals surface area contributed by atoms with E-state index in [9.17, 15) is 9.59 Å². The Labute approximate surface area is 211 Å². The van der Waals surface area contributed by atoms with Gasteiger partial charge in [-0.1, -0.05) is 48.2 Å². The van der Waals surface area contributed by atoms with Crippen LogP contribution in [0.1, 0.15) is 10.4 Å². The minimum Gasteiger partial charge on any atom is -0.493 e. The molecular formula is C26H24N2O5S2. The second kappa shape index (κ2) is 10.8. The molecule has 0 aliphatic carbocycles. The highest BCUT2D eigenvalue weighted by Crippen LogP contribution is 2.38. The SMILES string of the molecule is C=CCn1c(SCC(=O)c2cc(OC)c(OC)c(OC)c2)nc2scc(-c3ccccc3)c2c1=O. The second-order valence-electron chi connectivity index (χ2n) is 7.42. The van der Waals surface area contributed by atoms with Crippen molar-refractivity contribution in [3.63, 3.8) is 0 Å². The minimum absolute atomic E-state index is 0.0741. The van der Waals surface area contributed by atoms with Crippen LogP contribution in [0.4, 0.5) is 0 Å². The van der Waals surface area contributed by atoms with Gasteiger partial charge in [0.1, 0.15) is 4.83 Å². The number of fused-ring (bicyclic) bond motifs is 1. The fourth-order valence-electron chi connectivity index (χ4n) is 3.69. The molecule has 4 aromatic rings. The quantitative estimate of drug-likeness (QED) is 0.124. The van der Waals surface area contributed by atoms with E-state index in [0.29, 0.717) is 38.2 Å². The first kappa shape index (κ1) is 24.6. The Bertz CT molecular complexity index is 1420. The van der Waals surface area contributed by atoms with E-state index < -0.39 is 0 Å². The van der Waals surface area contributed by atoms with Gasteiger partial charge >= 0.3 is 0 Å². The van der Waals surface area contributed by atoms with E-state index >= 15 is 0 Å². The summed E-state index contributed by atoms with van der Waals surface area (Å²) in [7, 11) is 4.50. The van der Waals surface area contributed by atoms with Gasteiger partial charge in [0, 0.05) is 23.1 Å². The molecule has 0 radical (unpaired) electrons. The summed E-state index contributed by atoms with van der Waals surface area (Å²) in [5, 5.41) is 2.98. The zero-order valence-corrected chi connectivity index (χ0v) is 21.2. The molecule has 0 saturated heterocycles. The number of carbonyl (C=O) groups excluding carboxylic acids is 1. The van der Waals surface area contributed by atoms with Crippen molar-refractivity contribution >= 4 is 39.1 Å². The normalized spacial score (nSPS) is 10.8. The van der Waals surface area contributed by atoms with Gasteiger partial charge in [-0.3, -0.25) is 14.2 Å². The van der Waals surface area contributed by atoms with Crippen LogP contribution < -0.4 is 19.8 Å². The molecule has 0 atom stereocenters. The molecule has 0 spiro atoms. The first-order chi connectivity index (χ1) is 17.0. The van der Waals surface area contributed by atoms with E-state index in [0.717, 1.165) is 11.1 Å². The van der Waals surface area contributed by atoms with Crippen molar-refractivity contribution in [2.24, 2.45) is 0 Å². The van der Waals surface area contributed by atoms with Gasteiger partial charge in [0.05, 0.1) is 32.5 Å². The Hall–Kier alpha value is -3.56. The predicted molar refractivity (Wildman–Crippen MR) is 141 cm³/mol. The zero-order valence-electron chi connectivity index (χ0n) is 19.6. The van der Waals surface area contributed by atoms with Gasteiger partial charge in [0.2, 0.25) is 5.75 Å². The van der Waals surface area contributed by atoms with Gasteiger partial charge < -0.3 is 14.2 Å². The average Bonchev–Trinajstić information content (AvgIpc) is 3.32. The molecular weight excluding hydrogens is 484 g/mol. The zero-order chi connectivity index (χ0) is 24.9. The maximum absolute atomic E-state index is 13.5. The highest BCUT2D eigenvalue weighted by atomic mass is 32.2. The molecule has 0 aliphatic heterocycles. The van der Waals surface area contributed by atoms with Crippen molar-refractivity contribution in [1.29, 1.82) is 0 Å². The number of nitrogens with zero attached hydrogens (tertiary/aromatic N) is 2. The number of ketones is 1. The van der Waals surface area contributed by atoms with E-state index in [-0.39, 0.29) is 23.6 Å². The van der Waals surface area contributed by atoms with Gasteiger partial charge in [-0.25, -0.2) is 4.98 Å². The van der Waals surface area contributed by atoms with Gasteiger partial charge in [0.25, 0.3) is 5.56 Å². The lowest BCUT2D eigenvalue weighted by molar-refractivity contribution is 0.102. The van der Waals surface area contributed by atoms with Crippen LogP contribution in [0.3, 0.4) is 0 Å². The number of hydrogen-bond donors (Lipinski definition) is 0. The molecule has 7 nitrogen and oxygen atoms in total. The van der Waals surface area contributed by atoms with E-state index in [1.54, 1.807) is 22.8 Å². The van der Waals surface area contributed by atoms with Gasteiger partial charge in [-0.15, -0.1) is 17.9 Å². The maximum Gasteiger partial charge on any atom is 0.263 e. The maximum atomic E-state index is 13.5. The van der Waals surface area contributed by atoms with Crippen LogP contribution in [0.5, 0.6) is 17.2 Å². The molecule has 35 heavy (non-hydrogen) atoms. The second-order valence-corrected chi connectivity index (χ2v) is 9.22. The van der Waals surface area contributed by atoms with Crippen molar-refractivity contribution < 1.29 is 19.0 Å². The number of thiophene rings is 1. The van der Waals surface area contributed by atoms with Crippen molar-refractivity contribution in [1.82, 2.24) is 9.55 Å². The smallest absolute Gasteiger partial charge is 0.263 e. The number of rotatable bonds is 10. The molecule has 4 rings (SSSR count). The van der Waals surface area contributed by atoms with Crippen molar-refractivity contribution in [2.45, 2.75) is 11.7 Å². The Morgan fingerprint density at radius 1 is 1.11 bits per heavy atom. The molecule has 0 bridgehead atoms. The molecule has 0 N–H and O–H groups in total. The standard InChI is InChI=1S/C26H24N2O5S2/c1-5-11-28-25(30)22-18(16-9-7-6-8-10-16)14-34-24(22)27-26(28)35-15-19(29)17-12-20(31-2)23(33-4)21(13-17)32-3/h5-10,12-14H,1,11,15H2,2-4H3. The number of benzene rings is 2. The van der Waals surface area contributed by atoms with Crippen LogP contribution in [0, 0.1) is 0 Å². The Morgan fingerprint density at radius 2 is 1.80 bits per heavy atom. The monoisotopic (exact) mass is 508 g/mol. The van der Waals surface area contributed by atoms with E-state index in [1.807, 2.05) is 35.7 Å². The van der Waals surface area contributed by atoms with E-state index in [2.05, 4.69) is 6.58 Å². The van der Waals surface area contributed by atoms with E-state index in [1.165, 1.54) is 44.4 Å². The first-order valence-corrected chi connectivity index (χ1v) is 12.5. The fraction of sp³-hybridized carbons (Fsp3) is 0.192. The Balaban J connectivity index is 1.68. The fourth-order valence-corrected chi connectivity index (χ4v) is 5.58. The Morgan fingerprint density at radius 3 is 2.40 bits per heavy atom. The highest BCUT2D eigenvalue weighted by Gasteiger charge is 2.20. The minimum atomic E-state index is -0.162. The molecule has 9 heteroatoms. The topological polar surface area (TPSA) is 79.7 Å². The van der Waals surface area contributed by atoms with Crippen LogP contribution >= 0.6 is 23.1 Å². The third-order valence-electron chi connectivity index (χ3n) is 5.37. The summed E-state index contributed by atoms with van der Waals surface area (Å²) >= 11 is 2.62. The lowest BCUT2D eigenvalue weighted by Gasteiger charge is -2.14. The number of thioether (sulfide) groups is 1.